The molecule has 1 saturated heterocycles. The fourth-order valence-electron chi connectivity index (χ4n) is 2.20. The van der Waals surface area contributed by atoms with Crippen LogP contribution in [0.4, 0.5) is 0 Å². The first-order valence-corrected chi connectivity index (χ1v) is 7.35. The van der Waals surface area contributed by atoms with E-state index >= 15 is 0 Å². The predicted molar refractivity (Wildman–Crippen MR) is 81.9 cm³/mol. The van der Waals surface area contributed by atoms with Crippen molar-refractivity contribution in [2.45, 2.75) is 13.3 Å². The van der Waals surface area contributed by atoms with Crippen molar-refractivity contribution in [1.82, 2.24) is 4.90 Å². The third kappa shape index (κ3) is 2.81. The highest BCUT2D eigenvalue weighted by atomic mass is 127. The van der Waals surface area contributed by atoms with Gasteiger partial charge in [0.2, 0.25) is 0 Å². The molecular weight excluding hydrogens is 363 g/mol. The van der Waals surface area contributed by atoms with Crippen LogP contribution in [0.3, 0.4) is 0 Å². The van der Waals surface area contributed by atoms with Crippen LogP contribution >= 0.6 is 34.2 Å². The average molecular weight is 379 g/mol. The standard InChI is InChI=1S/C13H16ClIN2O/c1-13(7-16)4-5-17(8-13)12(18)10-6-9(14)2-3-11(10)15/h2-3,6H,4-5,7-8,16H2,1H3. The lowest BCUT2D eigenvalue weighted by Gasteiger charge is -2.23. The number of carbonyl (C=O) groups excluding carboxylic acids is 1. The van der Waals surface area contributed by atoms with Crippen molar-refractivity contribution >= 4 is 40.1 Å². The smallest absolute Gasteiger partial charge is 0.254 e. The number of hydrogen-bond donors (Lipinski definition) is 1. The summed E-state index contributed by atoms with van der Waals surface area (Å²) in [6, 6.07) is 5.41. The van der Waals surface area contributed by atoms with Gasteiger partial charge in [-0.1, -0.05) is 18.5 Å². The molecule has 1 fully saturated rings. The normalized spacial score (nSPS) is 23.4. The van der Waals surface area contributed by atoms with Gasteiger partial charge in [0.25, 0.3) is 5.91 Å². The molecule has 1 unspecified atom stereocenters. The molecule has 2 N–H and O–H groups in total. The van der Waals surface area contributed by atoms with Crippen LogP contribution in [0.5, 0.6) is 0 Å². The Bertz CT molecular complexity index is 480. The number of nitrogens with zero attached hydrogens (tertiary/aromatic N) is 1. The first-order chi connectivity index (χ1) is 8.45. The van der Waals surface area contributed by atoms with Crippen molar-refractivity contribution in [3.63, 3.8) is 0 Å². The van der Waals surface area contributed by atoms with E-state index in [0.717, 1.165) is 23.1 Å². The summed E-state index contributed by atoms with van der Waals surface area (Å²) < 4.78 is 0.934. The topological polar surface area (TPSA) is 46.3 Å². The molecule has 1 aliphatic rings. The lowest BCUT2D eigenvalue weighted by molar-refractivity contribution is 0.0776. The molecular formula is C13H16ClIN2O. The fraction of sp³-hybridized carbons (Fsp3) is 0.462. The molecule has 1 aromatic rings. The lowest BCUT2D eigenvalue weighted by atomic mass is 9.90. The maximum Gasteiger partial charge on any atom is 0.254 e. The third-order valence-electron chi connectivity index (χ3n) is 3.50. The maximum atomic E-state index is 12.4. The molecule has 1 atom stereocenters. The highest BCUT2D eigenvalue weighted by Gasteiger charge is 2.35. The minimum atomic E-state index is 0.0547. The van der Waals surface area contributed by atoms with Crippen LogP contribution in [0.25, 0.3) is 0 Å². The highest BCUT2D eigenvalue weighted by molar-refractivity contribution is 14.1. The van der Waals surface area contributed by atoms with Crippen molar-refractivity contribution < 1.29 is 4.79 Å². The molecule has 0 aliphatic carbocycles. The van der Waals surface area contributed by atoms with E-state index in [1.807, 2.05) is 11.0 Å². The van der Waals surface area contributed by atoms with Gasteiger partial charge in [-0.15, -0.1) is 0 Å². The molecule has 0 saturated carbocycles. The Labute approximate surface area is 126 Å². The summed E-state index contributed by atoms with van der Waals surface area (Å²) in [6.45, 7) is 4.24. The van der Waals surface area contributed by atoms with Gasteiger partial charge in [-0.3, -0.25) is 4.79 Å². The van der Waals surface area contributed by atoms with Gasteiger partial charge < -0.3 is 10.6 Å². The second kappa shape index (κ2) is 5.35. The molecule has 3 nitrogen and oxygen atoms in total. The van der Waals surface area contributed by atoms with E-state index in [9.17, 15) is 4.79 Å². The summed E-state index contributed by atoms with van der Waals surface area (Å²) in [5.41, 5.74) is 6.50. The summed E-state index contributed by atoms with van der Waals surface area (Å²) in [4.78, 5) is 14.3. The molecule has 2 rings (SSSR count). The number of amides is 1. The number of likely N-dealkylation sites (tertiary alicyclic amines) is 1. The Morgan fingerprint density at radius 2 is 2.33 bits per heavy atom. The van der Waals surface area contributed by atoms with Gasteiger partial charge in [0.15, 0.2) is 0 Å². The predicted octanol–water partition coefficient (Wildman–Crippen LogP) is 2.76. The Morgan fingerprint density at radius 1 is 1.61 bits per heavy atom. The van der Waals surface area contributed by atoms with Crippen LogP contribution in [0.1, 0.15) is 23.7 Å². The first-order valence-electron chi connectivity index (χ1n) is 5.90. The number of rotatable bonds is 2. The van der Waals surface area contributed by atoms with Crippen LogP contribution in [-0.4, -0.2) is 30.4 Å². The molecule has 1 amide bonds. The molecule has 0 spiro atoms. The van der Waals surface area contributed by atoms with E-state index in [0.29, 0.717) is 17.1 Å². The molecule has 1 heterocycles. The molecule has 0 radical (unpaired) electrons. The van der Waals surface area contributed by atoms with Crippen molar-refractivity contribution in [1.29, 1.82) is 0 Å². The molecule has 0 bridgehead atoms. The molecule has 1 aliphatic heterocycles. The largest absolute Gasteiger partial charge is 0.338 e. The summed E-state index contributed by atoms with van der Waals surface area (Å²) in [5, 5.41) is 0.597. The van der Waals surface area contributed by atoms with Crippen LogP contribution < -0.4 is 5.73 Å². The van der Waals surface area contributed by atoms with Gasteiger partial charge in [-0.2, -0.15) is 0 Å². The fourth-order valence-corrected chi connectivity index (χ4v) is 2.93. The zero-order valence-electron chi connectivity index (χ0n) is 10.2. The highest BCUT2D eigenvalue weighted by Crippen LogP contribution is 2.30. The van der Waals surface area contributed by atoms with Gasteiger partial charge in [-0.25, -0.2) is 0 Å². The van der Waals surface area contributed by atoms with Crippen molar-refractivity contribution in [2.24, 2.45) is 11.1 Å². The van der Waals surface area contributed by atoms with E-state index < -0.39 is 0 Å². The monoisotopic (exact) mass is 378 g/mol. The van der Waals surface area contributed by atoms with E-state index in [4.69, 9.17) is 17.3 Å². The van der Waals surface area contributed by atoms with E-state index in [1.165, 1.54) is 0 Å². The second-order valence-corrected chi connectivity index (χ2v) is 6.71. The minimum Gasteiger partial charge on any atom is -0.338 e. The van der Waals surface area contributed by atoms with E-state index in [1.54, 1.807) is 12.1 Å². The van der Waals surface area contributed by atoms with Crippen molar-refractivity contribution in [3.8, 4) is 0 Å². The number of benzene rings is 1. The average Bonchev–Trinajstić information content (AvgIpc) is 2.75. The summed E-state index contributed by atoms with van der Waals surface area (Å²) in [5.74, 6) is 0.0547. The second-order valence-electron chi connectivity index (χ2n) is 5.12. The Balaban J connectivity index is 2.20. The lowest BCUT2D eigenvalue weighted by Crippen LogP contribution is -2.34. The van der Waals surface area contributed by atoms with Crippen LogP contribution in [0.15, 0.2) is 18.2 Å². The van der Waals surface area contributed by atoms with Crippen LogP contribution in [0, 0.1) is 8.99 Å². The number of hydrogen-bond acceptors (Lipinski definition) is 2. The maximum absolute atomic E-state index is 12.4. The molecule has 98 valence electrons. The number of halogens is 2. The van der Waals surface area contributed by atoms with Gasteiger partial charge in [0, 0.05) is 21.7 Å². The van der Waals surface area contributed by atoms with E-state index in [2.05, 4.69) is 29.5 Å². The molecule has 1 aromatic carbocycles. The Morgan fingerprint density at radius 3 is 2.94 bits per heavy atom. The van der Waals surface area contributed by atoms with Gasteiger partial charge in [-0.05, 0) is 59.2 Å². The zero-order valence-corrected chi connectivity index (χ0v) is 13.2. The summed E-state index contributed by atoms with van der Waals surface area (Å²) in [7, 11) is 0. The van der Waals surface area contributed by atoms with Gasteiger partial charge in [0.05, 0.1) is 5.56 Å². The molecule has 5 heteroatoms. The van der Waals surface area contributed by atoms with E-state index in [-0.39, 0.29) is 11.3 Å². The Kier molecular flexibility index (Phi) is 4.18. The molecule has 18 heavy (non-hydrogen) atoms. The van der Waals surface area contributed by atoms with Crippen LogP contribution in [0.2, 0.25) is 5.02 Å². The zero-order chi connectivity index (χ0) is 13.3. The minimum absolute atomic E-state index is 0.0547. The number of nitrogens with two attached hydrogens (primary N) is 1. The quantitative estimate of drug-likeness (QED) is 0.805. The first kappa shape index (κ1) is 14.1. The van der Waals surface area contributed by atoms with Gasteiger partial charge in [0.1, 0.15) is 0 Å². The van der Waals surface area contributed by atoms with Crippen molar-refractivity contribution in [3.05, 3.63) is 32.4 Å². The third-order valence-corrected chi connectivity index (χ3v) is 4.67. The summed E-state index contributed by atoms with van der Waals surface area (Å²) >= 11 is 8.12. The van der Waals surface area contributed by atoms with Crippen LogP contribution in [-0.2, 0) is 0 Å². The number of carbonyl (C=O) groups is 1. The molecule has 0 aromatic heterocycles. The SMILES string of the molecule is CC1(CN)CCN(C(=O)c2cc(Cl)ccc2I)C1. The van der Waals surface area contributed by atoms with Gasteiger partial charge >= 0.3 is 0 Å². The Hall–Kier alpha value is -0.330. The summed E-state index contributed by atoms with van der Waals surface area (Å²) in [6.07, 6.45) is 0.965. The van der Waals surface area contributed by atoms with Crippen molar-refractivity contribution in [2.75, 3.05) is 19.6 Å².